The number of aryl methyl sites for hydroxylation is 7. The van der Waals surface area contributed by atoms with E-state index in [2.05, 4.69) is 75.4 Å². The predicted molar refractivity (Wildman–Crippen MR) is 194 cm³/mol. The first kappa shape index (κ1) is 34.4. The molecule has 45 heavy (non-hydrogen) atoms. The van der Waals surface area contributed by atoms with Crippen LogP contribution in [0.15, 0.2) is 30.9 Å². The number of hydrogen-bond donors (Lipinski definition) is 3. The molecule has 0 radical (unpaired) electrons. The van der Waals surface area contributed by atoms with Gasteiger partial charge in [-0.25, -0.2) is 0 Å². The van der Waals surface area contributed by atoms with Gasteiger partial charge in [0, 0.05) is 44.8 Å². The van der Waals surface area contributed by atoms with Crippen LogP contribution in [0.5, 0.6) is 0 Å². The minimum atomic E-state index is 0.00707. The molecule has 0 unspecified atom stereocenters. The van der Waals surface area contributed by atoms with Crippen LogP contribution in [0.25, 0.3) is 34.2 Å². The maximum atomic E-state index is 9.74. The number of nitrogens with one attached hydrogen (secondary N) is 2. The Bertz CT molecular complexity index is 1620. The lowest BCUT2D eigenvalue weighted by molar-refractivity contribution is 0.343. The topological polar surface area (TPSA) is 77.6 Å². The lowest BCUT2D eigenvalue weighted by atomic mass is 10.0. The van der Waals surface area contributed by atoms with E-state index < -0.39 is 0 Å². The Morgan fingerprint density at radius 1 is 0.733 bits per heavy atom. The third kappa shape index (κ3) is 8.43. The van der Waals surface area contributed by atoms with Gasteiger partial charge in [0.2, 0.25) is 0 Å². The molecule has 1 aliphatic rings. The van der Waals surface area contributed by atoms with Gasteiger partial charge in [-0.3, -0.25) is 9.97 Å². The van der Waals surface area contributed by atoms with E-state index in [9.17, 15) is 5.11 Å². The average Bonchev–Trinajstić information content (AvgIpc) is 3.81. The zero-order valence-corrected chi connectivity index (χ0v) is 28.6. The summed E-state index contributed by atoms with van der Waals surface area (Å²) in [5.41, 5.74) is 15.2. The summed E-state index contributed by atoms with van der Waals surface area (Å²) in [6.45, 7) is 15.4. The minimum absolute atomic E-state index is 0.00707. The Morgan fingerprint density at radius 3 is 1.89 bits per heavy atom. The second-order valence-electron chi connectivity index (χ2n) is 12.5. The number of aromatic amines is 2. The highest BCUT2D eigenvalue weighted by Crippen LogP contribution is 2.29. The third-order valence-corrected chi connectivity index (χ3v) is 9.13. The number of nitrogens with zero attached hydrogens (tertiary/aromatic N) is 2. The highest BCUT2D eigenvalue weighted by molar-refractivity contribution is 5.81. The van der Waals surface area contributed by atoms with Gasteiger partial charge in [-0.1, -0.05) is 72.1 Å². The number of hydrogen-bond acceptors (Lipinski definition) is 3. The van der Waals surface area contributed by atoms with Crippen LogP contribution >= 0.6 is 0 Å². The maximum absolute atomic E-state index is 9.74. The molecule has 0 aliphatic carbocycles. The van der Waals surface area contributed by atoms with Crippen molar-refractivity contribution in [1.82, 2.24) is 19.9 Å². The number of aromatic nitrogens is 4. The lowest BCUT2D eigenvalue weighted by Crippen LogP contribution is -1.97. The molecule has 0 saturated carbocycles. The summed E-state index contributed by atoms with van der Waals surface area (Å²) in [7, 11) is 0. The van der Waals surface area contributed by atoms with Crippen LogP contribution in [0.4, 0.5) is 0 Å². The summed E-state index contributed by atoms with van der Waals surface area (Å²) in [5, 5.41) is 9.74. The van der Waals surface area contributed by atoms with Crippen LogP contribution in [0, 0.1) is 6.92 Å². The van der Waals surface area contributed by atoms with Gasteiger partial charge in [0.25, 0.3) is 0 Å². The fourth-order valence-electron chi connectivity index (χ4n) is 6.55. The quantitative estimate of drug-likeness (QED) is 0.161. The van der Waals surface area contributed by atoms with Gasteiger partial charge in [0.15, 0.2) is 0 Å². The zero-order valence-electron chi connectivity index (χ0n) is 28.6. The van der Waals surface area contributed by atoms with Gasteiger partial charge >= 0.3 is 0 Å². The normalized spacial score (nSPS) is 12.3. The van der Waals surface area contributed by atoms with Crippen molar-refractivity contribution in [3.05, 3.63) is 81.4 Å². The van der Waals surface area contributed by atoms with E-state index in [0.717, 1.165) is 123 Å². The van der Waals surface area contributed by atoms with Crippen molar-refractivity contribution >= 4 is 34.2 Å². The first-order valence-electron chi connectivity index (χ1n) is 17.6. The summed E-state index contributed by atoms with van der Waals surface area (Å²) in [5.74, 6) is 0. The fourth-order valence-corrected chi connectivity index (χ4v) is 6.55. The van der Waals surface area contributed by atoms with E-state index in [1.807, 2.05) is 12.2 Å². The lowest BCUT2D eigenvalue weighted by Gasteiger charge is -2.07. The Morgan fingerprint density at radius 2 is 1.29 bits per heavy atom. The van der Waals surface area contributed by atoms with Gasteiger partial charge in [-0.05, 0) is 112 Å². The van der Waals surface area contributed by atoms with Crippen molar-refractivity contribution in [3.63, 3.8) is 0 Å². The van der Waals surface area contributed by atoms with Crippen molar-refractivity contribution < 1.29 is 5.11 Å². The SMILES string of the molecule is C=Cc1nc(C)c(CCCC)c2ccc([nH]2)c(CCCC)c2nc(c(CCCC)c3[nH]c(cc3/C=C/CO)c1CCCC)CC2. The third-order valence-electron chi connectivity index (χ3n) is 9.13. The molecule has 0 aromatic carbocycles. The molecule has 0 spiro atoms. The van der Waals surface area contributed by atoms with Gasteiger partial charge in [-0.2, -0.15) is 0 Å². The second kappa shape index (κ2) is 17.3. The molecule has 5 heteroatoms. The van der Waals surface area contributed by atoms with Crippen LogP contribution < -0.4 is 0 Å². The molecule has 3 N–H and O–H groups in total. The van der Waals surface area contributed by atoms with E-state index in [4.69, 9.17) is 9.97 Å². The molecule has 0 atom stereocenters. The molecule has 4 rings (SSSR count). The van der Waals surface area contributed by atoms with Crippen molar-refractivity contribution in [1.29, 1.82) is 0 Å². The molecule has 4 heterocycles. The second-order valence-corrected chi connectivity index (χ2v) is 12.5. The summed E-state index contributed by atoms with van der Waals surface area (Å²) in [4.78, 5) is 18.5. The molecule has 1 aliphatic heterocycles. The van der Waals surface area contributed by atoms with Crippen LogP contribution in [0.2, 0.25) is 0 Å². The fraction of sp³-hybridized carbons (Fsp3) is 0.500. The van der Waals surface area contributed by atoms with E-state index in [1.165, 1.54) is 39.2 Å². The molecule has 3 aromatic heterocycles. The molecule has 0 saturated heterocycles. The smallest absolute Gasteiger partial charge is 0.0679 e. The summed E-state index contributed by atoms with van der Waals surface area (Å²) in [6.07, 6.45) is 20.5. The molecule has 3 aromatic rings. The van der Waals surface area contributed by atoms with Crippen LogP contribution in [0.3, 0.4) is 0 Å². The molecule has 5 nitrogen and oxygen atoms in total. The van der Waals surface area contributed by atoms with Crippen molar-refractivity contribution in [3.8, 4) is 0 Å². The Balaban J connectivity index is 2.26. The van der Waals surface area contributed by atoms with Gasteiger partial charge in [0.05, 0.1) is 17.8 Å². The predicted octanol–water partition coefficient (Wildman–Crippen LogP) is 10.1. The van der Waals surface area contributed by atoms with E-state index in [1.54, 1.807) is 0 Å². The highest BCUT2D eigenvalue weighted by Gasteiger charge is 2.18. The van der Waals surface area contributed by atoms with Gasteiger partial charge < -0.3 is 15.1 Å². The standard InChI is InChI=1S/C40H56N4O/c1-7-12-18-30-28(6)41-34(11-5)31(19-13-8-2)39-27-29(17-16-26-45)40(44-39)33(21-15-10-4)38-25-24-37(43-38)32(20-14-9-3)36-23-22-35(30)42-36/h11,16-17,22-23,27,42,44-45H,5,7-10,12-15,18-21,24-26H2,1-4,6H3/b17-16+,30-28?,34-31?,35-30?,36-32?,37-32?,38-33?,39-31?,40-33?,41-28?,41-34?. The van der Waals surface area contributed by atoms with Crippen molar-refractivity contribution in [2.45, 2.75) is 125 Å². The first-order valence-corrected chi connectivity index (χ1v) is 17.6. The molecular weight excluding hydrogens is 552 g/mol. The van der Waals surface area contributed by atoms with E-state index in [0.29, 0.717) is 0 Å². The van der Waals surface area contributed by atoms with Gasteiger partial charge in [0.1, 0.15) is 0 Å². The Hall–Kier alpha value is -3.44. The molecule has 6 bridgehead atoms. The van der Waals surface area contributed by atoms with Crippen molar-refractivity contribution in [2.75, 3.05) is 6.61 Å². The summed E-state index contributed by atoms with van der Waals surface area (Å²) >= 11 is 0. The number of H-pyrrole nitrogens is 2. The zero-order chi connectivity index (χ0) is 32.2. The Kier molecular flexibility index (Phi) is 13.2. The molecular formula is C40H56N4O. The van der Waals surface area contributed by atoms with Crippen LogP contribution in [-0.4, -0.2) is 31.6 Å². The van der Waals surface area contributed by atoms with E-state index in [-0.39, 0.29) is 6.61 Å². The molecule has 242 valence electrons. The number of aliphatic hydroxyl groups is 1. The number of fused-ring (bicyclic) bond motifs is 6. The maximum Gasteiger partial charge on any atom is 0.0679 e. The average molecular weight is 609 g/mol. The van der Waals surface area contributed by atoms with Crippen LogP contribution in [0.1, 0.15) is 130 Å². The molecule has 0 amide bonds. The number of unbranched alkanes of at least 4 members (excludes halogenated alkanes) is 4. The number of aliphatic hydroxyl groups excluding tert-OH is 1. The minimum Gasteiger partial charge on any atom is -0.392 e. The summed E-state index contributed by atoms with van der Waals surface area (Å²) < 4.78 is 0. The van der Waals surface area contributed by atoms with Crippen LogP contribution in [-0.2, 0) is 38.5 Å². The molecule has 0 fully saturated rings. The highest BCUT2D eigenvalue weighted by atomic mass is 16.2. The largest absolute Gasteiger partial charge is 0.392 e. The summed E-state index contributed by atoms with van der Waals surface area (Å²) in [6, 6.07) is 6.78. The van der Waals surface area contributed by atoms with Gasteiger partial charge in [-0.15, -0.1) is 0 Å². The van der Waals surface area contributed by atoms with E-state index >= 15 is 0 Å². The number of rotatable bonds is 15. The van der Waals surface area contributed by atoms with Crippen molar-refractivity contribution in [2.24, 2.45) is 0 Å². The Labute approximate surface area is 271 Å². The first-order chi connectivity index (χ1) is 22.0. The monoisotopic (exact) mass is 608 g/mol.